The number of carbonyl (C=O) groups is 1. The molecule has 2 aromatic rings. The second-order valence-corrected chi connectivity index (χ2v) is 5.01. The lowest BCUT2D eigenvalue weighted by atomic mass is 10.2. The summed E-state index contributed by atoms with van der Waals surface area (Å²) in [6.45, 7) is 0. The van der Waals surface area contributed by atoms with Crippen LogP contribution in [0.5, 0.6) is 11.5 Å². The van der Waals surface area contributed by atoms with Crippen LogP contribution in [0.2, 0.25) is 0 Å². The van der Waals surface area contributed by atoms with Crippen LogP contribution in [0.25, 0.3) is 0 Å². The van der Waals surface area contributed by atoms with Gasteiger partial charge in [-0.3, -0.25) is 4.79 Å². The Hall–Kier alpha value is -3.29. The Kier molecular flexibility index (Phi) is 5.58. The van der Waals surface area contributed by atoms with E-state index in [-0.39, 0.29) is 18.2 Å². The van der Waals surface area contributed by atoms with Crippen molar-refractivity contribution >= 4 is 11.6 Å². The van der Waals surface area contributed by atoms with Crippen LogP contribution in [-0.2, 0) is 11.0 Å². The molecule has 0 aromatic heterocycles. The van der Waals surface area contributed by atoms with E-state index in [4.69, 9.17) is 5.26 Å². The van der Waals surface area contributed by atoms with Gasteiger partial charge in [0.1, 0.15) is 12.2 Å². The van der Waals surface area contributed by atoms with Crippen molar-refractivity contribution in [2.75, 3.05) is 5.32 Å². The number of nitriles is 1. The van der Waals surface area contributed by atoms with Crippen molar-refractivity contribution in [3.8, 4) is 17.6 Å². The number of anilines is 1. The fourth-order valence-corrected chi connectivity index (χ4v) is 1.90. The summed E-state index contributed by atoms with van der Waals surface area (Å²) >= 11 is 0. The Morgan fingerprint density at radius 3 is 2.11 bits per heavy atom. The average Bonchev–Trinajstić information content (AvgIpc) is 2.53. The van der Waals surface area contributed by atoms with Gasteiger partial charge in [0.05, 0.1) is 17.3 Å². The van der Waals surface area contributed by atoms with Crippen LogP contribution in [0.4, 0.5) is 36.4 Å². The lowest BCUT2D eigenvalue weighted by molar-refractivity contribution is -0.138. The number of alkyl halides is 3. The highest BCUT2D eigenvalue weighted by Crippen LogP contribution is 2.37. The quantitative estimate of drug-likeness (QED) is 0.753. The minimum Gasteiger partial charge on any atom is -0.448 e. The molecule has 142 valence electrons. The van der Waals surface area contributed by atoms with E-state index in [0.29, 0.717) is 6.07 Å². The zero-order valence-corrected chi connectivity index (χ0v) is 12.9. The van der Waals surface area contributed by atoms with Crippen molar-refractivity contribution in [1.82, 2.24) is 0 Å². The second kappa shape index (κ2) is 7.53. The summed E-state index contributed by atoms with van der Waals surface area (Å²) in [4.78, 5) is 11.3. The predicted octanol–water partition coefficient (Wildman–Crippen LogP) is 4.91. The van der Waals surface area contributed by atoms with E-state index in [1.165, 1.54) is 6.07 Å². The minimum absolute atomic E-state index is 0.0601. The van der Waals surface area contributed by atoms with E-state index in [0.717, 1.165) is 0 Å². The van der Waals surface area contributed by atoms with Crippen molar-refractivity contribution < 1.29 is 40.3 Å². The largest absolute Gasteiger partial charge is 0.448 e. The van der Waals surface area contributed by atoms with E-state index in [9.17, 15) is 35.5 Å². The zero-order valence-electron chi connectivity index (χ0n) is 12.9. The Balaban J connectivity index is 2.40. The average molecular weight is 392 g/mol. The lowest BCUT2D eigenvalue weighted by Gasteiger charge is -2.13. The molecular formula is C16H7F7N2O2. The highest BCUT2D eigenvalue weighted by molar-refractivity contribution is 5.92. The number of nitrogens with one attached hydrogen (secondary N) is 1. The van der Waals surface area contributed by atoms with Gasteiger partial charge in [-0.15, -0.1) is 0 Å². The summed E-state index contributed by atoms with van der Waals surface area (Å²) in [6.07, 6.45) is -5.69. The molecule has 0 aliphatic heterocycles. The highest BCUT2D eigenvalue weighted by Gasteiger charge is 2.33. The van der Waals surface area contributed by atoms with Gasteiger partial charge in [0.2, 0.25) is 5.91 Å². The molecule has 0 aliphatic rings. The third-order valence-electron chi connectivity index (χ3n) is 3.07. The van der Waals surface area contributed by atoms with Gasteiger partial charge in [0.25, 0.3) is 0 Å². The van der Waals surface area contributed by atoms with E-state index in [1.807, 2.05) is 5.32 Å². The fourth-order valence-electron chi connectivity index (χ4n) is 1.90. The summed E-state index contributed by atoms with van der Waals surface area (Å²) in [5.41, 5.74) is -2.30. The van der Waals surface area contributed by atoms with Crippen molar-refractivity contribution in [1.29, 1.82) is 5.26 Å². The number of amides is 1. The number of hydrogen-bond acceptors (Lipinski definition) is 3. The van der Waals surface area contributed by atoms with Crippen LogP contribution in [0.1, 0.15) is 12.0 Å². The molecule has 0 radical (unpaired) electrons. The van der Waals surface area contributed by atoms with E-state index < -0.39 is 64.5 Å². The third kappa shape index (κ3) is 4.66. The molecule has 1 amide bonds. The summed E-state index contributed by atoms with van der Waals surface area (Å²) in [7, 11) is 0. The van der Waals surface area contributed by atoms with Crippen molar-refractivity contribution in [3.63, 3.8) is 0 Å². The number of rotatable bonds is 4. The fraction of sp³-hybridized carbons (Fsp3) is 0.125. The van der Waals surface area contributed by atoms with Crippen molar-refractivity contribution in [3.05, 3.63) is 53.1 Å². The van der Waals surface area contributed by atoms with Crippen LogP contribution in [-0.4, -0.2) is 5.91 Å². The molecule has 0 aliphatic carbocycles. The number of nitrogens with zero attached hydrogens (tertiary/aromatic N) is 1. The molecule has 2 aromatic carbocycles. The van der Waals surface area contributed by atoms with Crippen LogP contribution in [0, 0.1) is 34.6 Å². The molecular weight excluding hydrogens is 385 g/mol. The monoisotopic (exact) mass is 392 g/mol. The zero-order chi connectivity index (χ0) is 20.4. The maximum atomic E-state index is 13.8. The van der Waals surface area contributed by atoms with E-state index in [1.54, 1.807) is 0 Å². The second-order valence-electron chi connectivity index (χ2n) is 5.01. The standard InChI is InChI=1S/C16H7F7N2O2/c17-8-5-9(18)13(6-12(8)25-14(26)1-2-24)27-15-10(19)3-7(4-11(15)20)16(21,22)23/h3-6H,1H2,(H,25,26). The molecule has 0 bridgehead atoms. The maximum Gasteiger partial charge on any atom is 0.416 e. The molecule has 0 atom stereocenters. The van der Waals surface area contributed by atoms with Gasteiger partial charge in [-0.1, -0.05) is 0 Å². The van der Waals surface area contributed by atoms with Gasteiger partial charge in [0.15, 0.2) is 29.0 Å². The molecule has 4 nitrogen and oxygen atoms in total. The van der Waals surface area contributed by atoms with Gasteiger partial charge in [-0.2, -0.15) is 18.4 Å². The molecule has 27 heavy (non-hydrogen) atoms. The number of ether oxygens (including phenoxy) is 1. The first-order valence-corrected chi connectivity index (χ1v) is 6.93. The predicted molar refractivity (Wildman–Crippen MR) is 76.7 cm³/mol. The third-order valence-corrected chi connectivity index (χ3v) is 3.07. The molecule has 0 heterocycles. The smallest absolute Gasteiger partial charge is 0.416 e. The van der Waals surface area contributed by atoms with Gasteiger partial charge in [-0.25, -0.2) is 17.6 Å². The number of halogens is 7. The molecule has 0 spiro atoms. The molecule has 0 saturated carbocycles. The first kappa shape index (κ1) is 20.0. The SMILES string of the molecule is N#CCC(=O)Nc1cc(Oc2c(F)cc(C(F)(F)F)cc2F)c(F)cc1F. The van der Waals surface area contributed by atoms with Gasteiger partial charge < -0.3 is 10.1 Å². The van der Waals surface area contributed by atoms with Crippen LogP contribution in [0.3, 0.4) is 0 Å². The topological polar surface area (TPSA) is 62.1 Å². The molecule has 0 unspecified atom stereocenters. The summed E-state index contributed by atoms with van der Waals surface area (Å²) in [6, 6.07) is 2.10. The molecule has 0 fully saturated rings. The van der Waals surface area contributed by atoms with Crippen LogP contribution >= 0.6 is 0 Å². The van der Waals surface area contributed by atoms with Crippen LogP contribution < -0.4 is 10.1 Å². The first-order chi connectivity index (χ1) is 12.5. The number of hydrogen-bond donors (Lipinski definition) is 1. The van der Waals surface area contributed by atoms with Crippen molar-refractivity contribution in [2.45, 2.75) is 12.6 Å². The Morgan fingerprint density at radius 2 is 1.59 bits per heavy atom. The van der Waals surface area contributed by atoms with E-state index >= 15 is 0 Å². The summed E-state index contributed by atoms with van der Waals surface area (Å²) in [5.74, 6) is -9.56. The lowest BCUT2D eigenvalue weighted by Crippen LogP contribution is -2.12. The van der Waals surface area contributed by atoms with Gasteiger partial charge >= 0.3 is 6.18 Å². The van der Waals surface area contributed by atoms with Gasteiger partial charge in [-0.05, 0) is 12.1 Å². The maximum absolute atomic E-state index is 13.8. The highest BCUT2D eigenvalue weighted by atomic mass is 19.4. The van der Waals surface area contributed by atoms with Gasteiger partial charge in [0, 0.05) is 12.1 Å². The minimum atomic E-state index is -5.03. The first-order valence-electron chi connectivity index (χ1n) is 6.93. The summed E-state index contributed by atoms with van der Waals surface area (Å²) < 4.78 is 97.1. The summed E-state index contributed by atoms with van der Waals surface area (Å²) in [5, 5.41) is 10.3. The van der Waals surface area contributed by atoms with E-state index in [2.05, 4.69) is 4.74 Å². The van der Waals surface area contributed by atoms with Crippen molar-refractivity contribution in [2.24, 2.45) is 0 Å². The Bertz CT molecular complexity index is 913. The molecule has 11 heteroatoms. The molecule has 1 N–H and O–H groups in total. The van der Waals surface area contributed by atoms with Crippen LogP contribution in [0.15, 0.2) is 24.3 Å². The molecule has 0 saturated heterocycles. The Labute approximate surface area is 146 Å². The number of carbonyl (C=O) groups excluding carboxylic acids is 1. The number of benzene rings is 2. The normalized spacial score (nSPS) is 11.0. The molecule has 2 rings (SSSR count). The Morgan fingerprint density at radius 1 is 1.00 bits per heavy atom.